The number of rotatable bonds is 22. The highest BCUT2D eigenvalue weighted by Crippen LogP contribution is 2.46. The number of carbonyl (C=O) groups is 1. The molecule has 0 amide bonds. The lowest BCUT2D eigenvalue weighted by molar-refractivity contribution is 0.0518. The van der Waals surface area contributed by atoms with Gasteiger partial charge in [0.15, 0.2) is 0 Å². The summed E-state index contributed by atoms with van der Waals surface area (Å²) in [5.74, 6) is 0.647. The molecule has 3 aromatic carbocycles. The lowest BCUT2D eigenvalue weighted by atomic mass is 9.75. The normalized spacial score (nSPS) is 12.9. The maximum Gasteiger partial charge on any atom is 0.337 e. The highest BCUT2D eigenvalue weighted by Gasteiger charge is 2.43. The Kier molecular flexibility index (Phi) is 17.8. The predicted molar refractivity (Wildman–Crippen MR) is 228 cm³/mol. The largest absolute Gasteiger partial charge is 0.507 e. The average Bonchev–Trinajstić information content (AvgIpc) is 3.15. The molecule has 0 aliphatic carbocycles. The summed E-state index contributed by atoms with van der Waals surface area (Å²) in [6.07, 6.45) is 15.2. The van der Waals surface area contributed by atoms with Crippen LogP contribution in [0.1, 0.15) is 178 Å². The van der Waals surface area contributed by atoms with Crippen molar-refractivity contribution < 1.29 is 29.2 Å². The van der Waals surface area contributed by atoms with Gasteiger partial charge < -0.3 is 24.4 Å². The zero-order valence-electron chi connectivity index (χ0n) is 35.7. The monoisotopic (exact) mass is 758 g/mol. The molecule has 0 aliphatic rings. The first-order valence-corrected chi connectivity index (χ1v) is 20.8. The summed E-state index contributed by atoms with van der Waals surface area (Å²) in [4.78, 5) is 17.3. The van der Waals surface area contributed by atoms with Gasteiger partial charge in [-0.25, -0.2) is 4.79 Å². The number of methoxy groups -OCH3 is 1. The number of phenols is 1. The second-order valence-corrected chi connectivity index (χ2v) is 17.1. The van der Waals surface area contributed by atoms with Crippen LogP contribution >= 0.6 is 0 Å². The molecule has 0 saturated heterocycles. The number of aliphatic imine (C=N–C) groups is 1. The van der Waals surface area contributed by atoms with Crippen LogP contribution in [-0.2, 0) is 21.2 Å². The van der Waals surface area contributed by atoms with Crippen LogP contribution in [0.3, 0.4) is 0 Å². The van der Waals surface area contributed by atoms with E-state index in [1.807, 2.05) is 19.1 Å². The first kappa shape index (κ1) is 45.5. The van der Waals surface area contributed by atoms with E-state index in [1.165, 1.54) is 76.8 Å². The minimum Gasteiger partial charge on any atom is -0.507 e. The van der Waals surface area contributed by atoms with Gasteiger partial charge in [0.25, 0.3) is 0 Å². The number of nitrogens with zero attached hydrogens (tertiary/aromatic N) is 1. The van der Waals surface area contributed by atoms with Crippen molar-refractivity contribution in [2.75, 3.05) is 20.3 Å². The molecule has 0 aromatic heterocycles. The lowest BCUT2D eigenvalue weighted by Crippen LogP contribution is -2.39. The molecule has 304 valence electrons. The molecule has 0 fully saturated rings. The molecule has 3 aromatic rings. The van der Waals surface area contributed by atoms with Crippen LogP contribution < -0.4 is 9.47 Å². The molecule has 55 heavy (non-hydrogen) atoms. The molecule has 1 unspecified atom stereocenters. The Morgan fingerprint density at radius 2 is 1.15 bits per heavy atom. The fourth-order valence-corrected chi connectivity index (χ4v) is 6.77. The van der Waals surface area contributed by atoms with Crippen molar-refractivity contribution in [1.29, 1.82) is 0 Å². The summed E-state index contributed by atoms with van der Waals surface area (Å²) in [6.45, 7) is 20.4. The maximum atomic E-state index is 13.7. The molecular weight excluding hydrogens is 687 g/mol. The van der Waals surface area contributed by atoms with Crippen LogP contribution in [0, 0.1) is 0 Å². The average molecular weight is 758 g/mol. The van der Waals surface area contributed by atoms with Gasteiger partial charge in [0.1, 0.15) is 22.8 Å². The second kappa shape index (κ2) is 21.5. The van der Waals surface area contributed by atoms with Crippen molar-refractivity contribution in [1.82, 2.24) is 0 Å². The third-order valence-electron chi connectivity index (χ3n) is 10.5. The molecule has 7 heteroatoms. The summed E-state index contributed by atoms with van der Waals surface area (Å²) < 4.78 is 18.1. The van der Waals surface area contributed by atoms with Crippen molar-refractivity contribution in [2.45, 2.75) is 162 Å². The molecule has 0 bridgehead atoms. The Hall–Kier alpha value is -3.84. The van der Waals surface area contributed by atoms with Gasteiger partial charge in [0.2, 0.25) is 0 Å². The number of aliphatic hydroxyl groups is 1. The van der Waals surface area contributed by atoms with Gasteiger partial charge in [-0.1, -0.05) is 132 Å². The van der Waals surface area contributed by atoms with Crippen LogP contribution in [0.5, 0.6) is 17.2 Å². The fourth-order valence-electron chi connectivity index (χ4n) is 6.77. The third-order valence-corrected chi connectivity index (χ3v) is 10.5. The summed E-state index contributed by atoms with van der Waals surface area (Å²) in [7, 11) is 1.32. The first-order chi connectivity index (χ1) is 26.1. The highest BCUT2D eigenvalue weighted by atomic mass is 16.5. The Morgan fingerprint density at radius 3 is 1.58 bits per heavy atom. The minimum absolute atomic E-state index is 0.0393. The molecule has 3 rings (SSSR count). The number of carbonyl (C=O) groups excluding carboxylic acids is 1. The van der Waals surface area contributed by atoms with Crippen LogP contribution in [0.2, 0.25) is 0 Å². The Balaban J connectivity index is 2.25. The van der Waals surface area contributed by atoms with Crippen LogP contribution in [0.4, 0.5) is 0 Å². The molecular formula is C48H71NO6. The molecule has 1 atom stereocenters. The lowest BCUT2D eigenvalue weighted by Gasteiger charge is -2.37. The molecule has 2 N–H and O–H groups in total. The van der Waals surface area contributed by atoms with Crippen molar-refractivity contribution in [3.05, 3.63) is 88.0 Å². The Morgan fingerprint density at radius 1 is 0.691 bits per heavy atom. The van der Waals surface area contributed by atoms with Crippen molar-refractivity contribution in [3.63, 3.8) is 0 Å². The van der Waals surface area contributed by atoms with E-state index in [-0.39, 0.29) is 22.1 Å². The van der Waals surface area contributed by atoms with E-state index in [0.717, 1.165) is 36.8 Å². The van der Waals surface area contributed by atoms with Gasteiger partial charge in [0, 0.05) is 22.9 Å². The quantitative estimate of drug-likeness (QED) is 0.0602. The molecule has 0 heterocycles. The number of ether oxygens (including phenoxy) is 3. The highest BCUT2D eigenvalue weighted by molar-refractivity contribution is 5.93. The number of hydrogen-bond acceptors (Lipinski definition) is 7. The molecule has 7 nitrogen and oxygen atoms in total. The van der Waals surface area contributed by atoms with Gasteiger partial charge >= 0.3 is 5.97 Å². The fraction of sp³-hybridized carbons (Fsp3) is 0.583. The van der Waals surface area contributed by atoms with E-state index in [9.17, 15) is 15.0 Å². The van der Waals surface area contributed by atoms with Crippen LogP contribution in [0.15, 0.2) is 59.6 Å². The van der Waals surface area contributed by atoms with Crippen LogP contribution in [0.25, 0.3) is 0 Å². The standard InChI is InChI=1S/C48H71NO6/c1-11-13-15-17-19-21-29-54-43-27-24-38(46(4,5)6)32-40(43)48(52,35(3)49-34-37-31-36(45(51)53-10)23-26-42(37)50)41-33-39(47(7,8)9)25-28-44(41)55-30-22-20-18-16-14-12-2/h23-28,31-35,50,52H,11-22,29-30H2,1-10H3. The van der Waals surface area contributed by atoms with Crippen molar-refractivity contribution in [3.8, 4) is 17.2 Å². The topological polar surface area (TPSA) is 97.6 Å². The Bertz CT molecular complexity index is 1580. The van der Waals surface area contributed by atoms with Gasteiger partial charge in [0.05, 0.1) is 31.9 Å². The SMILES string of the molecule is CCCCCCCCOc1ccc(C(C)(C)C)cc1C(O)(c1cc(C(C)(C)C)ccc1OCCCCCCCC)C(C)N=Cc1cc(C(=O)OC)ccc1O. The van der Waals surface area contributed by atoms with Crippen molar-refractivity contribution in [2.24, 2.45) is 4.99 Å². The van der Waals surface area contributed by atoms with E-state index in [1.54, 1.807) is 6.07 Å². The van der Waals surface area contributed by atoms with E-state index in [2.05, 4.69) is 79.7 Å². The predicted octanol–water partition coefficient (Wildman–Crippen LogP) is 12.0. The zero-order valence-corrected chi connectivity index (χ0v) is 35.7. The van der Waals surface area contributed by atoms with E-state index in [0.29, 0.717) is 41.4 Å². The number of aromatic hydroxyl groups is 1. The second-order valence-electron chi connectivity index (χ2n) is 17.1. The maximum absolute atomic E-state index is 13.7. The van der Waals surface area contributed by atoms with Crippen LogP contribution in [-0.4, -0.2) is 48.8 Å². The number of phenolic OH excluding ortho intramolecular Hbond substituents is 1. The molecule has 0 spiro atoms. The van der Waals surface area contributed by atoms with Crippen molar-refractivity contribution >= 4 is 12.2 Å². The number of benzene rings is 3. The van der Waals surface area contributed by atoms with Gasteiger partial charge in [-0.3, -0.25) is 4.99 Å². The summed E-state index contributed by atoms with van der Waals surface area (Å²) in [6, 6.07) is 16.0. The summed E-state index contributed by atoms with van der Waals surface area (Å²) >= 11 is 0. The van der Waals surface area contributed by atoms with E-state index in [4.69, 9.17) is 19.2 Å². The number of unbranched alkanes of at least 4 members (excludes halogenated alkanes) is 10. The third kappa shape index (κ3) is 13.1. The molecule has 0 aliphatic heterocycles. The molecule has 0 radical (unpaired) electrons. The minimum atomic E-state index is -1.73. The summed E-state index contributed by atoms with van der Waals surface area (Å²) in [5, 5.41) is 24.5. The van der Waals surface area contributed by atoms with Gasteiger partial charge in [-0.2, -0.15) is 0 Å². The van der Waals surface area contributed by atoms with E-state index >= 15 is 0 Å². The number of esters is 1. The molecule has 0 saturated carbocycles. The zero-order chi connectivity index (χ0) is 40.6. The van der Waals surface area contributed by atoms with E-state index < -0.39 is 17.6 Å². The Labute approximate surface area is 332 Å². The number of hydrogen-bond donors (Lipinski definition) is 2. The van der Waals surface area contributed by atoms with Gasteiger partial charge in [-0.05, 0) is 84.2 Å². The first-order valence-electron chi connectivity index (χ1n) is 20.8. The summed E-state index contributed by atoms with van der Waals surface area (Å²) in [5.41, 5.74) is 1.77. The van der Waals surface area contributed by atoms with Gasteiger partial charge in [-0.15, -0.1) is 0 Å². The smallest absolute Gasteiger partial charge is 0.337 e.